The summed E-state index contributed by atoms with van der Waals surface area (Å²) < 4.78 is 5.01. The van der Waals surface area contributed by atoms with Gasteiger partial charge in [-0.15, -0.1) is 0 Å². The number of hydrogen-bond acceptors (Lipinski definition) is 3. The number of ether oxygens (including phenoxy) is 1. The predicted molar refractivity (Wildman–Crippen MR) is 63.2 cm³/mol. The molecule has 0 fully saturated rings. The van der Waals surface area contributed by atoms with E-state index in [2.05, 4.69) is 4.98 Å². The SMILES string of the molecule is COc1ccc(-c2cccc(C(=O)O)c2)nc1. The van der Waals surface area contributed by atoms with Crippen molar-refractivity contribution in [2.24, 2.45) is 0 Å². The minimum atomic E-state index is -0.944. The van der Waals surface area contributed by atoms with Crippen LogP contribution in [0.15, 0.2) is 42.6 Å². The van der Waals surface area contributed by atoms with Crippen LogP contribution in [0, 0.1) is 0 Å². The number of nitrogens with zero attached hydrogens (tertiary/aromatic N) is 1. The Bertz CT molecular complexity index is 535. The molecule has 17 heavy (non-hydrogen) atoms. The van der Waals surface area contributed by atoms with Gasteiger partial charge in [0.1, 0.15) is 5.75 Å². The molecule has 1 N–H and O–H groups in total. The Kier molecular flexibility index (Phi) is 3.05. The molecule has 1 aromatic heterocycles. The van der Waals surface area contributed by atoms with Crippen LogP contribution < -0.4 is 4.74 Å². The highest BCUT2D eigenvalue weighted by Gasteiger charge is 2.05. The summed E-state index contributed by atoms with van der Waals surface area (Å²) in [5.74, 6) is -0.275. The summed E-state index contributed by atoms with van der Waals surface area (Å²) in [4.78, 5) is 15.0. The zero-order valence-corrected chi connectivity index (χ0v) is 9.25. The Labute approximate surface area is 98.5 Å². The lowest BCUT2D eigenvalue weighted by atomic mass is 10.1. The molecule has 0 saturated heterocycles. The number of carboxylic acids is 1. The fourth-order valence-corrected chi connectivity index (χ4v) is 1.48. The second-order valence-corrected chi connectivity index (χ2v) is 3.47. The van der Waals surface area contributed by atoms with E-state index in [9.17, 15) is 4.79 Å². The second-order valence-electron chi connectivity index (χ2n) is 3.47. The molecule has 0 atom stereocenters. The van der Waals surface area contributed by atoms with Gasteiger partial charge >= 0.3 is 5.97 Å². The molecule has 0 aliphatic rings. The summed E-state index contributed by atoms with van der Waals surface area (Å²) in [6.45, 7) is 0. The van der Waals surface area contributed by atoms with Crippen LogP contribution in [0.25, 0.3) is 11.3 Å². The number of rotatable bonds is 3. The minimum absolute atomic E-state index is 0.250. The molecular formula is C13H11NO3. The van der Waals surface area contributed by atoms with Gasteiger partial charge in [-0.2, -0.15) is 0 Å². The Hall–Kier alpha value is -2.36. The third-order valence-corrected chi connectivity index (χ3v) is 2.38. The topological polar surface area (TPSA) is 59.4 Å². The summed E-state index contributed by atoms with van der Waals surface area (Å²) in [5.41, 5.74) is 1.74. The second kappa shape index (κ2) is 4.65. The maximum absolute atomic E-state index is 10.8. The van der Waals surface area contributed by atoms with Crippen LogP contribution >= 0.6 is 0 Å². The van der Waals surface area contributed by atoms with Crippen LogP contribution in [0.2, 0.25) is 0 Å². The molecular weight excluding hydrogens is 218 g/mol. The lowest BCUT2D eigenvalue weighted by Crippen LogP contribution is -1.96. The van der Waals surface area contributed by atoms with E-state index in [4.69, 9.17) is 9.84 Å². The third-order valence-electron chi connectivity index (χ3n) is 2.38. The van der Waals surface area contributed by atoms with Crippen LogP contribution in [-0.4, -0.2) is 23.2 Å². The van der Waals surface area contributed by atoms with Gasteiger partial charge in [0.05, 0.1) is 24.6 Å². The van der Waals surface area contributed by atoms with Crippen molar-refractivity contribution in [2.45, 2.75) is 0 Å². The normalized spacial score (nSPS) is 9.94. The molecule has 0 aliphatic heterocycles. The highest BCUT2D eigenvalue weighted by Crippen LogP contribution is 2.20. The van der Waals surface area contributed by atoms with Crippen molar-refractivity contribution < 1.29 is 14.6 Å². The zero-order chi connectivity index (χ0) is 12.3. The van der Waals surface area contributed by atoms with Crippen molar-refractivity contribution in [2.75, 3.05) is 7.11 Å². The van der Waals surface area contributed by atoms with E-state index in [0.717, 1.165) is 5.56 Å². The lowest BCUT2D eigenvalue weighted by Gasteiger charge is -2.03. The number of pyridine rings is 1. The molecule has 0 spiro atoms. The first-order chi connectivity index (χ1) is 8.20. The van der Waals surface area contributed by atoms with Gasteiger partial charge in [0.2, 0.25) is 0 Å². The molecule has 2 rings (SSSR count). The summed E-state index contributed by atoms with van der Waals surface area (Å²) in [7, 11) is 1.57. The van der Waals surface area contributed by atoms with Gasteiger partial charge in [0.25, 0.3) is 0 Å². The van der Waals surface area contributed by atoms with Crippen LogP contribution in [0.3, 0.4) is 0 Å². The van der Waals surface area contributed by atoms with Gasteiger partial charge in [0.15, 0.2) is 0 Å². The highest BCUT2D eigenvalue weighted by molar-refractivity contribution is 5.89. The molecule has 86 valence electrons. The van der Waals surface area contributed by atoms with E-state index in [1.807, 2.05) is 6.07 Å². The van der Waals surface area contributed by atoms with E-state index in [1.165, 1.54) is 0 Å². The Morgan fingerprint density at radius 3 is 2.71 bits per heavy atom. The molecule has 4 heteroatoms. The van der Waals surface area contributed by atoms with Gasteiger partial charge in [0, 0.05) is 5.56 Å². The van der Waals surface area contributed by atoms with E-state index in [1.54, 1.807) is 43.6 Å². The van der Waals surface area contributed by atoms with Crippen LogP contribution in [-0.2, 0) is 0 Å². The molecule has 0 saturated carbocycles. The molecule has 0 radical (unpaired) electrons. The van der Waals surface area contributed by atoms with Crippen LogP contribution in [0.1, 0.15) is 10.4 Å². The van der Waals surface area contributed by atoms with Crippen molar-refractivity contribution in [1.82, 2.24) is 4.98 Å². The van der Waals surface area contributed by atoms with E-state index in [-0.39, 0.29) is 5.56 Å². The molecule has 0 amide bonds. The third kappa shape index (κ3) is 2.42. The van der Waals surface area contributed by atoms with Gasteiger partial charge in [-0.05, 0) is 24.3 Å². The summed E-state index contributed by atoms with van der Waals surface area (Å²) in [6.07, 6.45) is 1.60. The van der Waals surface area contributed by atoms with Crippen molar-refractivity contribution >= 4 is 5.97 Å². The van der Waals surface area contributed by atoms with Crippen molar-refractivity contribution in [3.05, 3.63) is 48.2 Å². The first-order valence-electron chi connectivity index (χ1n) is 5.04. The average molecular weight is 229 g/mol. The quantitative estimate of drug-likeness (QED) is 0.878. The van der Waals surface area contributed by atoms with Crippen LogP contribution in [0.4, 0.5) is 0 Å². The van der Waals surface area contributed by atoms with Crippen molar-refractivity contribution in [3.63, 3.8) is 0 Å². The van der Waals surface area contributed by atoms with E-state index >= 15 is 0 Å². The Balaban J connectivity index is 2.38. The maximum atomic E-state index is 10.8. The van der Waals surface area contributed by atoms with Crippen molar-refractivity contribution in [1.29, 1.82) is 0 Å². The smallest absolute Gasteiger partial charge is 0.335 e. The standard InChI is InChI=1S/C13H11NO3/c1-17-11-5-6-12(14-8-11)9-3-2-4-10(7-9)13(15)16/h2-8H,1H3,(H,15,16). The van der Waals surface area contributed by atoms with Gasteiger partial charge in [-0.25, -0.2) is 4.79 Å². The zero-order valence-electron chi connectivity index (χ0n) is 9.25. The molecule has 2 aromatic rings. The maximum Gasteiger partial charge on any atom is 0.335 e. The van der Waals surface area contributed by atoms with Gasteiger partial charge in [-0.1, -0.05) is 12.1 Å². The van der Waals surface area contributed by atoms with Gasteiger partial charge in [-0.3, -0.25) is 4.98 Å². The van der Waals surface area contributed by atoms with Crippen LogP contribution in [0.5, 0.6) is 5.75 Å². The molecule has 0 unspecified atom stereocenters. The minimum Gasteiger partial charge on any atom is -0.495 e. The summed E-state index contributed by atoms with van der Waals surface area (Å²) >= 11 is 0. The van der Waals surface area contributed by atoms with Crippen molar-refractivity contribution in [3.8, 4) is 17.0 Å². The number of methoxy groups -OCH3 is 1. The fraction of sp³-hybridized carbons (Fsp3) is 0.0769. The lowest BCUT2D eigenvalue weighted by molar-refractivity contribution is 0.0697. The average Bonchev–Trinajstić information content (AvgIpc) is 2.39. The number of aromatic nitrogens is 1. The Morgan fingerprint density at radius 1 is 1.29 bits per heavy atom. The summed E-state index contributed by atoms with van der Waals surface area (Å²) in [6, 6.07) is 10.2. The summed E-state index contributed by atoms with van der Waals surface area (Å²) in [5, 5.41) is 8.90. The molecule has 4 nitrogen and oxygen atoms in total. The Morgan fingerprint density at radius 2 is 2.12 bits per heavy atom. The molecule has 1 heterocycles. The first kappa shape index (κ1) is 11.1. The first-order valence-corrected chi connectivity index (χ1v) is 5.04. The number of carbonyl (C=O) groups is 1. The highest BCUT2D eigenvalue weighted by atomic mass is 16.5. The number of hydrogen-bond donors (Lipinski definition) is 1. The fourth-order valence-electron chi connectivity index (χ4n) is 1.48. The molecule has 1 aromatic carbocycles. The monoisotopic (exact) mass is 229 g/mol. The predicted octanol–water partition coefficient (Wildman–Crippen LogP) is 2.46. The van der Waals surface area contributed by atoms with Gasteiger partial charge < -0.3 is 9.84 Å². The number of benzene rings is 1. The van der Waals surface area contributed by atoms with E-state index in [0.29, 0.717) is 11.4 Å². The largest absolute Gasteiger partial charge is 0.495 e. The number of aromatic carboxylic acids is 1. The molecule has 0 bridgehead atoms. The van der Waals surface area contributed by atoms with E-state index < -0.39 is 5.97 Å². The molecule has 0 aliphatic carbocycles. The number of carboxylic acid groups (broad SMARTS) is 1.